The molecule has 1 unspecified atom stereocenters. The van der Waals surface area contributed by atoms with E-state index in [9.17, 15) is 0 Å². The van der Waals surface area contributed by atoms with Gasteiger partial charge in [0.15, 0.2) is 0 Å². The smallest absolute Gasteiger partial charge is 0.0467 e. The number of nitrogens with two attached hydrogens (primary N) is 1. The Hall–Kier alpha value is -0.420. The fraction of sp³-hybridized carbons (Fsp3) is 0.733. The summed E-state index contributed by atoms with van der Waals surface area (Å²) in [5.41, 5.74) is 6.36. The van der Waals surface area contributed by atoms with Crippen molar-refractivity contribution in [1.82, 2.24) is 9.80 Å². The molecule has 0 bridgehead atoms. The first-order valence-corrected chi connectivity index (χ1v) is 8.29. The van der Waals surface area contributed by atoms with E-state index in [1.54, 1.807) is 0 Å². The van der Waals surface area contributed by atoms with Gasteiger partial charge in [-0.25, -0.2) is 0 Å². The van der Waals surface area contributed by atoms with Crippen molar-refractivity contribution in [2.75, 3.05) is 33.2 Å². The maximum absolute atomic E-state index is 6.14. The Bertz CT molecular complexity index is 402. The van der Waals surface area contributed by atoms with Gasteiger partial charge in [0, 0.05) is 42.6 Å². The Kier molecular flexibility index (Phi) is 3.94. The highest BCUT2D eigenvalue weighted by atomic mass is 32.1. The normalized spacial score (nSPS) is 28.4. The van der Waals surface area contributed by atoms with Crippen LogP contribution in [0.25, 0.3) is 0 Å². The number of hydrogen-bond donors (Lipinski definition) is 1. The third-order valence-electron chi connectivity index (χ3n) is 4.89. The van der Waals surface area contributed by atoms with Crippen LogP contribution in [0.5, 0.6) is 0 Å². The standard InChI is InChI=1S/C15H25N3S/c1-17(8-6-14-3-2-10-19-14)15(11-16)7-9-18(12-15)13-4-5-13/h2-3,10,13H,4-9,11-12,16H2,1H3. The van der Waals surface area contributed by atoms with Gasteiger partial charge >= 0.3 is 0 Å². The second-order valence-corrected chi connectivity index (χ2v) is 7.16. The van der Waals surface area contributed by atoms with Crippen LogP contribution in [0.4, 0.5) is 0 Å². The Morgan fingerprint density at radius 3 is 3.00 bits per heavy atom. The molecule has 2 N–H and O–H groups in total. The molecule has 0 radical (unpaired) electrons. The first-order chi connectivity index (χ1) is 9.23. The van der Waals surface area contributed by atoms with E-state index in [4.69, 9.17) is 5.73 Å². The highest BCUT2D eigenvalue weighted by Gasteiger charge is 2.44. The molecule has 2 heterocycles. The van der Waals surface area contributed by atoms with Gasteiger partial charge in [-0.05, 0) is 44.2 Å². The number of rotatable bonds is 6. The maximum atomic E-state index is 6.14. The van der Waals surface area contributed by atoms with Gasteiger partial charge in [0.2, 0.25) is 0 Å². The van der Waals surface area contributed by atoms with Crippen molar-refractivity contribution in [3.05, 3.63) is 22.4 Å². The summed E-state index contributed by atoms with van der Waals surface area (Å²) in [6, 6.07) is 5.25. The molecule has 3 rings (SSSR count). The van der Waals surface area contributed by atoms with Crippen molar-refractivity contribution in [2.45, 2.75) is 37.3 Å². The van der Waals surface area contributed by atoms with Gasteiger partial charge in [0.25, 0.3) is 0 Å². The highest BCUT2D eigenvalue weighted by Crippen LogP contribution is 2.35. The van der Waals surface area contributed by atoms with E-state index in [1.165, 1.54) is 37.2 Å². The quantitative estimate of drug-likeness (QED) is 0.862. The van der Waals surface area contributed by atoms with Crippen LogP contribution >= 0.6 is 11.3 Å². The molecule has 1 aromatic heterocycles. The molecule has 3 nitrogen and oxygen atoms in total. The fourth-order valence-electron chi connectivity index (χ4n) is 3.24. The van der Waals surface area contributed by atoms with E-state index in [-0.39, 0.29) is 5.54 Å². The van der Waals surface area contributed by atoms with E-state index in [0.717, 1.165) is 25.6 Å². The summed E-state index contributed by atoms with van der Waals surface area (Å²) in [5, 5.41) is 2.17. The molecule has 1 saturated carbocycles. The van der Waals surface area contributed by atoms with Gasteiger partial charge in [-0.1, -0.05) is 6.07 Å². The molecule has 1 saturated heterocycles. The molecule has 2 aliphatic rings. The van der Waals surface area contributed by atoms with Crippen LogP contribution in [-0.2, 0) is 6.42 Å². The molecule has 1 atom stereocenters. The average molecular weight is 279 g/mol. The molecule has 0 amide bonds. The van der Waals surface area contributed by atoms with Crippen molar-refractivity contribution < 1.29 is 0 Å². The third kappa shape index (κ3) is 2.87. The van der Waals surface area contributed by atoms with Gasteiger partial charge in [-0.2, -0.15) is 0 Å². The van der Waals surface area contributed by atoms with E-state index in [0.29, 0.717) is 0 Å². The zero-order chi connectivity index (χ0) is 13.3. The second-order valence-electron chi connectivity index (χ2n) is 6.13. The van der Waals surface area contributed by atoms with Crippen molar-refractivity contribution in [3.8, 4) is 0 Å². The van der Waals surface area contributed by atoms with Gasteiger partial charge in [-0.15, -0.1) is 11.3 Å². The molecular weight excluding hydrogens is 254 g/mol. The molecule has 4 heteroatoms. The lowest BCUT2D eigenvalue weighted by Gasteiger charge is -2.38. The molecule has 1 aromatic rings. The minimum Gasteiger partial charge on any atom is -0.329 e. The average Bonchev–Trinajstić information content (AvgIpc) is 2.99. The largest absolute Gasteiger partial charge is 0.329 e. The minimum absolute atomic E-state index is 0.222. The minimum atomic E-state index is 0.222. The van der Waals surface area contributed by atoms with E-state index in [2.05, 4.69) is 34.4 Å². The van der Waals surface area contributed by atoms with Crippen molar-refractivity contribution >= 4 is 11.3 Å². The second kappa shape index (κ2) is 5.52. The van der Waals surface area contributed by atoms with E-state index >= 15 is 0 Å². The Labute approximate surface area is 120 Å². The number of likely N-dealkylation sites (N-methyl/N-ethyl adjacent to an activating group) is 1. The summed E-state index contributed by atoms with van der Waals surface area (Å²) >= 11 is 1.86. The predicted octanol–water partition coefficient (Wildman–Crippen LogP) is 1.79. The molecule has 19 heavy (non-hydrogen) atoms. The highest BCUT2D eigenvalue weighted by molar-refractivity contribution is 7.09. The maximum Gasteiger partial charge on any atom is 0.0467 e. The zero-order valence-electron chi connectivity index (χ0n) is 11.8. The van der Waals surface area contributed by atoms with Crippen LogP contribution in [0.1, 0.15) is 24.1 Å². The zero-order valence-corrected chi connectivity index (χ0v) is 12.7. The molecule has 2 fully saturated rings. The number of thiophene rings is 1. The van der Waals surface area contributed by atoms with Crippen LogP contribution in [0.15, 0.2) is 17.5 Å². The summed E-state index contributed by atoms with van der Waals surface area (Å²) in [5.74, 6) is 0. The van der Waals surface area contributed by atoms with Gasteiger partial charge in [-0.3, -0.25) is 9.80 Å². The number of hydrogen-bond acceptors (Lipinski definition) is 4. The first kappa shape index (κ1) is 13.6. The molecule has 1 aliphatic heterocycles. The summed E-state index contributed by atoms with van der Waals surface area (Å²) in [7, 11) is 2.26. The summed E-state index contributed by atoms with van der Waals surface area (Å²) < 4.78 is 0. The van der Waals surface area contributed by atoms with E-state index in [1.807, 2.05) is 11.3 Å². The van der Waals surface area contributed by atoms with Gasteiger partial charge < -0.3 is 5.73 Å². The van der Waals surface area contributed by atoms with Crippen molar-refractivity contribution in [2.24, 2.45) is 5.73 Å². The molecule has 106 valence electrons. The first-order valence-electron chi connectivity index (χ1n) is 7.41. The number of likely N-dealkylation sites (tertiary alicyclic amines) is 1. The van der Waals surface area contributed by atoms with Crippen LogP contribution in [0, 0.1) is 0 Å². The predicted molar refractivity (Wildman–Crippen MR) is 81.7 cm³/mol. The van der Waals surface area contributed by atoms with Crippen LogP contribution in [0.3, 0.4) is 0 Å². The van der Waals surface area contributed by atoms with Crippen molar-refractivity contribution in [3.63, 3.8) is 0 Å². The Morgan fingerprint density at radius 1 is 1.53 bits per heavy atom. The lowest BCUT2D eigenvalue weighted by molar-refractivity contribution is 0.129. The summed E-state index contributed by atoms with van der Waals surface area (Å²) in [6.07, 6.45) is 5.19. The van der Waals surface area contributed by atoms with Crippen molar-refractivity contribution in [1.29, 1.82) is 0 Å². The third-order valence-corrected chi connectivity index (χ3v) is 5.82. The SMILES string of the molecule is CN(CCc1cccs1)C1(CN)CCN(C2CC2)C1. The van der Waals surface area contributed by atoms with E-state index < -0.39 is 0 Å². The Morgan fingerprint density at radius 2 is 2.37 bits per heavy atom. The lowest BCUT2D eigenvalue weighted by Crippen LogP contribution is -2.54. The monoisotopic (exact) mass is 279 g/mol. The summed E-state index contributed by atoms with van der Waals surface area (Å²) in [4.78, 5) is 6.67. The summed E-state index contributed by atoms with van der Waals surface area (Å²) in [6.45, 7) is 4.33. The van der Waals surface area contributed by atoms with Crippen LogP contribution < -0.4 is 5.73 Å². The Balaban J connectivity index is 1.58. The lowest BCUT2D eigenvalue weighted by atomic mass is 9.96. The molecule has 0 aromatic carbocycles. The van der Waals surface area contributed by atoms with Crippen LogP contribution in [0.2, 0.25) is 0 Å². The molecule has 0 spiro atoms. The van der Waals surface area contributed by atoms with Gasteiger partial charge in [0.05, 0.1) is 0 Å². The van der Waals surface area contributed by atoms with Gasteiger partial charge in [0.1, 0.15) is 0 Å². The molecular formula is C15H25N3S. The molecule has 1 aliphatic carbocycles. The van der Waals surface area contributed by atoms with Crippen LogP contribution in [-0.4, -0.2) is 54.6 Å². The number of nitrogens with zero attached hydrogens (tertiary/aromatic N) is 2. The topological polar surface area (TPSA) is 32.5 Å². The fourth-order valence-corrected chi connectivity index (χ4v) is 3.94.